The maximum Gasteiger partial charge on any atom is 0.299 e. The number of methoxy groups -OCH3 is 4. The highest BCUT2D eigenvalue weighted by molar-refractivity contribution is 7.88. The Bertz CT molecular complexity index is 3350. The van der Waals surface area contributed by atoms with E-state index in [-0.39, 0.29) is 25.7 Å². The second-order valence-corrected chi connectivity index (χ2v) is 23.8. The largest absolute Gasteiger partial charge is 0.357 e. The van der Waals surface area contributed by atoms with Crippen LogP contribution in [0.25, 0.3) is 68.7 Å². The maximum atomic E-state index is 12.6. The molecule has 9 rings (SSSR count). The lowest BCUT2D eigenvalue weighted by molar-refractivity contribution is 0.0946. The van der Waals surface area contributed by atoms with Crippen LogP contribution in [0.5, 0.6) is 0 Å². The smallest absolute Gasteiger partial charge is 0.299 e. The van der Waals surface area contributed by atoms with Crippen LogP contribution in [0, 0.1) is 0 Å². The highest BCUT2D eigenvalue weighted by Crippen LogP contribution is 2.42. The number of ether oxygens (including phenoxy) is 4. The second-order valence-electron chi connectivity index (χ2n) is 17.3. The Morgan fingerprint density at radius 3 is 0.750 bits per heavy atom. The molecule has 2 aliphatic heterocycles. The van der Waals surface area contributed by atoms with Gasteiger partial charge < -0.3 is 28.9 Å². The Morgan fingerprint density at radius 2 is 0.597 bits per heavy atom. The van der Waals surface area contributed by atoms with Crippen molar-refractivity contribution in [1.82, 2.24) is 19.9 Å². The lowest BCUT2D eigenvalue weighted by Gasteiger charge is -2.27. The van der Waals surface area contributed by atoms with E-state index < -0.39 is 60.2 Å². The van der Waals surface area contributed by atoms with E-state index in [9.17, 15) is 51.9 Å². The van der Waals surface area contributed by atoms with Crippen LogP contribution in [0.4, 0.5) is 0 Å². The molecule has 6 N–H and O–H groups in total. The molecule has 4 aliphatic carbocycles. The summed E-state index contributed by atoms with van der Waals surface area (Å²) >= 11 is 0. The lowest BCUT2D eigenvalue weighted by Crippen LogP contribution is -2.38. The predicted octanol–water partition coefficient (Wildman–Crippen LogP) is 6.95. The maximum absolute atomic E-state index is 12.6. The molecule has 6 aliphatic rings. The molecule has 0 saturated carbocycles. The molecule has 20 nitrogen and oxygen atoms in total. The van der Waals surface area contributed by atoms with Crippen LogP contribution in [0.3, 0.4) is 0 Å². The van der Waals surface area contributed by atoms with Gasteiger partial charge in [0, 0.05) is 98.4 Å². The zero-order chi connectivity index (χ0) is 51.9. The summed E-state index contributed by atoms with van der Waals surface area (Å²) in [5.41, 5.74) is 6.95. The summed E-state index contributed by atoms with van der Waals surface area (Å²) in [6, 6.07) is 7.01. The minimum Gasteiger partial charge on any atom is -0.357 e. The van der Waals surface area contributed by atoms with Gasteiger partial charge in [-0.25, -0.2) is 9.97 Å². The number of fused-ring (bicyclic) bond motifs is 8. The van der Waals surface area contributed by atoms with Gasteiger partial charge in [-0.1, -0.05) is 48.6 Å². The highest BCUT2D eigenvalue weighted by atomic mass is 32.2. The number of aromatic nitrogens is 4. The van der Waals surface area contributed by atoms with Crippen molar-refractivity contribution in [2.24, 2.45) is 0 Å². The number of nitrogens with one attached hydrogen (secondary N) is 2. The van der Waals surface area contributed by atoms with E-state index in [0.717, 1.165) is 28.4 Å². The molecule has 378 valence electrons. The summed E-state index contributed by atoms with van der Waals surface area (Å²) in [5, 5.41) is 0. The quantitative estimate of drug-likeness (QED) is 0.0688. The first-order chi connectivity index (χ1) is 33.9. The SMILES string of the molecule is COC1(S(=O)(=O)O)C=CC(c2c3nc(c(C4=CCC(OC)(S(=O)(=O)O)C=C4)c4ccc([nH]4)c(C4=CCC(OC)(S(=O)(=O)O)C=C4)c4nc(c(C5=CCC(OC)(S(=O)(=O)O)C=C5)c5ccc2[nH]5)C=C4)C=C3)=CC1. The van der Waals surface area contributed by atoms with Crippen LogP contribution in [0.1, 0.15) is 70.7 Å². The van der Waals surface area contributed by atoms with Gasteiger partial charge in [-0.2, -0.15) is 33.7 Å². The Labute approximate surface area is 413 Å². The van der Waals surface area contributed by atoms with E-state index >= 15 is 0 Å². The van der Waals surface area contributed by atoms with Crippen LogP contribution < -0.4 is 0 Å². The molecular weight excluding hydrogens is 1020 g/mol. The third-order valence-electron chi connectivity index (χ3n) is 13.5. The van der Waals surface area contributed by atoms with Gasteiger partial charge in [-0.3, -0.25) is 18.2 Å². The normalized spacial score (nSPS) is 25.3. The fourth-order valence-electron chi connectivity index (χ4n) is 9.37. The van der Waals surface area contributed by atoms with Gasteiger partial charge in [0.05, 0.1) is 22.8 Å². The highest BCUT2D eigenvalue weighted by Gasteiger charge is 2.45. The van der Waals surface area contributed by atoms with E-state index in [0.29, 0.717) is 89.4 Å². The summed E-state index contributed by atoms with van der Waals surface area (Å²) in [5.74, 6) is 0. The third kappa shape index (κ3) is 8.39. The Kier molecular flexibility index (Phi) is 12.7. The minimum absolute atomic E-state index is 0.300. The average molecular weight is 1060 g/mol. The topological polar surface area (TPSA) is 312 Å². The first-order valence-corrected chi connectivity index (χ1v) is 27.5. The summed E-state index contributed by atoms with van der Waals surface area (Å²) in [6.45, 7) is 0. The molecule has 5 heterocycles. The molecule has 24 heteroatoms. The van der Waals surface area contributed by atoms with E-state index in [1.807, 2.05) is 0 Å². The summed E-state index contributed by atoms with van der Waals surface area (Å²) in [7, 11) is -14.5. The number of rotatable bonds is 12. The summed E-state index contributed by atoms with van der Waals surface area (Å²) in [6.07, 6.45) is 22.9. The molecule has 3 aromatic rings. The zero-order valence-electron chi connectivity index (χ0n) is 38.6. The van der Waals surface area contributed by atoms with E-state index in [4.69, 9.17) is 28.9 Å². The van der Waals surface area contributed by atoms with Crippen molar-refractivity contribution in [3.05, 3.63) is 142 Å². The van der Waals surface area contributed by atoms with Crippen LogP contribution in [-0.2, 0) is 59.4 Å². The molecule has 72 heavy (non-hydrogen) atoms. The minimum atomic E-state index is -4.77. The number of hydrogen-bond acceptors (Lipinski definition) is 14. The van der Waals surface area contributed by atoms with Crippen molar-refractivity contribution >= 4 is 109 Å². The van der Waals surface area contributed by atoms with Gasteiger partial charge in [0.25, 0.3) is 40.5 Å². The summed E-state index contributed by atoms with van der Waals surface area (Å²) in [4.78, 5) is 8.87. The molecule has 0 radical (unpaired) electrons. The van der Waals surface area contributed by atoms with E-state index in [1.165, 1.54) is 48.6 Å². The zero-order valence-corrected chi connectivity index (χ0v) is 41.9. The molecule has 0 aromatic carbocycles. The Morgan fingerprint density at radius 1 is 0.389 bits per heavy atom. The van der Waals surface area contributed by atoms with Crippen molar-refractivity contribution in [1.29, 1.82) is 0 Å². The molecule has 3 aromatic heterocycles. The van der Waals surface area contributed by atoms with Crippen molar-refractivity contribution < 1.29 is 70.8 Å². The molecule has 0 amide bonds. The van der Waals surface area contributed by atoms with Gasteiger partial charge in [0.2, 0.25) is 19.7 Å². The first kappa shape index (κ1) is 50.9. The number of allylic oxidation sites excluding steroid dienone is 8. The molecule has 4 atom stereocenters. The number of nitrogens with zero attached hydrogens (tertiary/aromatic N) is 2. The van der Waals surface area contributed by atoms with Crippen LogP contribution >= 0.6 is 0 Å². The van der Waals surface area contributed by atoms with E-state index in [1.54, 1.807) is 72.9 Å². The fourth-order valence-corrected chi connectivity index (χ4v) is 12.4. The van der Waals surface area contributed by atoms with Gasteiger partial charge in [-0.05, 0) is 95.2 Å². The number of hydrogen-bond donors (Lipinski definition) is 6. The van der Waals surface area contributed by atoms with Gasteiger partial charge in [0.1, 0.15) is 0 Å². The molecule has 0 saturated heterocycles. The monoisotopic (exact) mass is 1060 g/mol. The van der Waals surface area contributed by atoms with E-state index in [2.05, 4.69) is 9.97 Å². The Hall–Kier alpha value is -6.00. The van der Waals surface area contributed by atoms with Gasteiger partial charge in [-0.15, -0.1) is 0 Å². The standard InChI is InChI=1S/C48H46N4O16S4/c1-65-45(69(53,54)55)21-13-29(14-22-45)41-33-5-7-35(49-33)42(30-15-23-46(66-2,24-16-30)70(56,57)58)37-9-11-39(51-37)44(32-19-27-48(68-4,28-20-32)72(62,63)64)40-12-10-38(52-40)43(36-8-6-34(41)50-36)31-17-25-47(67-3,26-18-31)71(59,60)61/h5-21,23,25,27,49,52H,22,24,26,28H2,1-4H3,(H,53,54,55)(H,56,57,58)(H,59,60,61)(H,62,63,64). The fraction of sp³-hybridized carbons (Fsp3) is 0.250. The molecule has 8 bridgehead atoms. The molecule has 4 unspecified atom stereocenters. The predicted molar refractivity (Wildman–Crippen MR) is 271 cm³/mol. The van der Waals surface area contributed by atoms with Crippen molar-refractivity contribution in [3.63, 3.8) is 0 Å². The van der Waals surface area contributed by atoms with Crippen LogP contribution in [0.15, 0.2) is 97.2 Å². The molecule has 0 spiro atoms. The molecule has 0 fully saturated rings. The van der Waals surface area contributed by atoms with Crippen LogP contribution in [0.2, 0.25) is 0 Å². The third-order valence-corrected chi connectivity index (χ3v) is 18.9. The van der Waals surface area contributed by atoms with Gasteiger partial charge in [0.15, 0.2) is 0 Å². The van der Waals surface area contributed by atoms with Crippen molar-refractivity contribution in [2.45, 2.75) is 45.4 Å². The number of H-pyrrole nitrogens is 2. The first-order valence-electron chi connectivity index (χ1n) is 21.7. The van der Waals surface area contributed by atoms with Crippen LogP contribution in [-0.4, -0.2) is 120 Å². The second kappa shape index (κ2) is 17.9. The lowest BCUT2D eigenvalue weighted by atomic mass is 9.96. The Balaban J connectivity index is 1.39. The molecular formula is C48H46N4O16S4. The van der Waals surface area contributed by atoms with Gasteiger partial charge >= 0.3 is 0 Å². The number of aromatic amines is 2. The average Bonchev–Trinajstić information content (AvgIpc) is 4.19. The van der Waals surface area contributed by atoms with Crippen molar-refractivity contribution in [2.75, 3.05) is 28.4 Å². The van der Waals surface area contributed by atoms with Crippen molar-refractivity contribution in [3.8, 4) is 0 Å². The summed E-state index contributed by atoms with van der Waals surface area (Å²) < 4.78 is 163.